The number of carbonyl (C=O) groups is 1. The van der Waals surface area contributed by atoms with Crippen LogP contribution in [0.15, 0.2) is 30.3 Å². The number of methoxy groups -OCH3 is 1. The number of ether oxygens (including phenoxy) is 1. The molecule has 0 spiro atoms. The molecule has 31 heavy (non-hydrogen) atoms. The molecule has 0 radical (unpaired) electrons. The van der Waals surface area contributed by atoms with Crippen molar-refractivity contribution < 1.29 is 9.53 Å². The number of carbonyl (C=O) groups excluding carboxylic acids is 1. The number of nitrogens with zero attached hydrogens (tertiary/aromatic N) is 6. The predicted octanol–water partition coefficient (Wildman–Crippen LogP) is 2.24. The van der Waals surface area contributed by atoms with Gasteiger partial charge in [-0.2, -0.15) is 0 Å². The largest absolute Gasteiger partial charge is 0.495 e. The van der Waals surface area contributed by atoms with Crippen LogP contribution in [0.2, 0.25) is 5.02 Å². The molecule has 3 heterocycles. The Hall–Kier alpha value is -2.78. The maximum absolute atomic E-state index is 12.7. The Morgan fingerprint density at radius 1 is 0.935 bits per heavy atom. The van der Waals surface area contributed by atoms with E-state index in [9.17, 15) is 4.79 Å². The van der Waals surface area contributed by atoms with Crippen molar-refractivity contribution in [3.63, 3.8) is 0 Å². The van der Waals surface area contributed by atoms with E-state index in [1.165, 1.54) is 0 Å². The number of hydrogen-bond donors (Lipinski definition) is 1. The van der Waals surface area contributed by atoms with Gasteiger partial charge in [0.15, 0.2) is 11.6 Å². The summed E-state index contributed by atoms with van der Waals surface area (Å²) >= 11 is 6.05. The molecular weight excluding hydrogens is 418 g/mol. The van der Waals surface area contributed by atoms with Gasteiger partial charge in [0.1, 0.15) is 5.75 Å². The lowest BCUT2D eigenvalue weighted by molar-refractivity contribution is 0.208. The number of nitrogens with one attached hydrogen (secondary N) is 1. The Bertz CT molecular complexity index is 895. The molecule has 1 aromatic heterocycles. The lowest BCUT2D eigenvalue weighted by Crippen LogP contribution is -2.50. The molecule has 0 saturated carbocycles. The number of piperazine rings is 2. The number of amides is 2. The second kappa shape index (κ2) is 9.57. The molecule has 0 aliphatic carbocycles. The lowest BCUT2D eigenvalue weighted by atomic mass is 10.3. The summed E-state index contributed by atoms with van der Waals surface area (Å²) in [6, 6.07) is 9.04. The Morgan fingerprint density at radius 2 is 1.52 bits per heavy atom. The first-order valence-corrected chi connectivity index (χ1v) is 10.8. The molecule has 2 aliphatic heterocycles. The van der Waals surface area contributed by atoms with E-state index in [4.69, 9.17) is 16.3 Å². The predicted molar refractivity (Wildman–Crippen MR) is 123 cm³/mol. The number of anilines is 3. The zero-order valence-corrected chi connectivity index (χ0v) is 18.7. The van der Waals surface area contributed by atoms with E-state index < -0.39 is 0 Å². The summed E-state index contributed by atoms with van der Waals surface area (Å²) in [4.78, 5) is 21.2. The van der Waals surface area contributed by atoms with Crippen molar-refractivity contribution in [1.29, 1.82) is 0 Å². The SMILES string of the molecule is COc1ccc(Cl)cc1NC(=O)N1CCN(c2ccc(N3CCN(C)CC3)nn2)CC1. The maximum atomic E-state index is 12.7. The van der Waals surface area contributed by atoms with E-state index in [0.29, 0.717) is 42.6 Å². The summed E-state index contributed by atoms with van der Waals surface area (Å²) in [6.45, 7) is 6.59. The molecule has 0 unspecified atom stereocenters. The van der Waals surface area contributed by atoms with Crippen LogP contribution in [-0.4, -0.2) is 92.5 Å². The first-order chi connectivity index (χ1) is 15.0. The van der Waals surface area contributed by atoms with Crippen LogP contribution >= 0.6 is 11.6 Å². The molecule has 2 aliphatic rings. The number of halogens is 1. The number of urea groups is 1. The second-order valence-corrected chi connectivity index (χ2v) is 8.23. The Morgan fingerprint density at radius 3 is 2.06 bits per heavy atom. The van der Waals surface area contributed by atoms with Crippen molar-refractivity contribution in [1.82, 2.24) is 20.0 Å². The summed E-state index contributed by atoms with van der Waals surface area (Å²) < 4.78 is 5.30. The molecule has 2 amide bonds. The molecule has 0 bridgehead atoms. The Balaban J connectivity index is 1.31. The highest BCUT2D eigenvalue weighted by atomic mass is 35.5. The highest BCUT2D eigenvalue weighted by molar-refractivity contribution is 6.31. The van der Waals surface area contributed by atoms with Gasteiger partial charge in [0, 0.05) is 57.4 Å². The standard InChI is InChI=1S/C21H28ClN7O2/c1-26-7-9-27(10-8-26)19-5-6-20(25-24-19)28-11-13-29(14-12-28)21(30)23-17-15-16(22)3-4-18(17)31-2/h3-6,15H,7-14H2,1-2H3,(H,23,30). The van der Waals surface area contributed by atoms with E-state index in [1.807, 2.05) is 12.1 Å². The summed E-state index contributed by atoms with van der Waals surface area (Å²) in [5, 5.41) is 12.3. The second-order valence-electron chi connectivity index (χ2n) is 7.79. The molecule has 166 valence electrons. The van der Waals surface area contributed by atoms with E-state index in [0.717, 1.165) is 37.8 Å². The molecular formula is C21H28ClN7O2. The fraction of sp³-hybridized carbons (Fsp3) is 0.476. The summed E-state index contributed by atoms with van der Waals surface area (Å²) in [7, 11) is 3.70. The van der Waals surface area contributed by atoms with Crippen molar-refractivity contribution in [2.24, 2.45) is 0 Å². The number of benzene rings is 1. The third-order valence-electron chi connectivity index (χ3n) is 5.76. The minimum atomic E-state index is -0.170. The number of likely N-dealkylation sites (N-methyl/N-ethyl adjacent to an activating group) is 1. The van der Waals surface area contributed by atoms with Gasteiger partial charge in [0.2, 0.25) is 0 Å². The molecule has 0 atom stereocenters. The topological polar surface area (TPSA) is 77.1 Å². The van der Waals surface area contributed by atoms with Crippen molar-refractivity contribution in [3.05, 3.63) is 35.4 Å². The van der Waals surface area contributed by atoms with Crippen molar-refractivity contribution in [2.45, 2.75) is 0 Å². The van der Waals surface area contributed by atoms with Crippen LogP contribution in [-0.2, 0) is 0 Å². The normalized spacial score (nSPS) is 17.6. The Kier molecular flexibility index (Phi) is 6.62. The molecule has 1 aromatic carbocycles. The van der Waals surface area contributed by atoms with Crippen LogP contribution < -0.4 is 19.9 Å². The van der Waals surface area contributed by atoms with Gasteiger partial charge in [-0.25, -0.2) is 4.79 Å². The summed E-state index contributed by atoms with van der Waals surface area (Å²) in [5.41, 5.74) is 0.563. The lowest BCUT2D eigenvalue weighted by Gasteiger charge is -2.35. The van der Waals surface area contributed by atoms with Gasteiger partial charge >= 0.3 is 6.03 Å². The molecule has 10 heteroatoms. The number of aromatic nitrogens is 2. The summed E-state index contributed by atoms with van der Waals surface area (Å²) in [5.74, 6) is 2.34. The van der Waals surface area contributed by atoms with Gasteiger partial charge in [0.05, 0.1) is 12.8 Å². The van der Waals surface area contributed by atoms with E-state index in [-0.39, 0.29) is 6.03 Å². The van der Waals surface area contributed by atoms with Gasteiger partial charge in [0.25, 0.3) is 0 Å². The van der Waals surface area contributed by atoms with E-state index in [2.05, 4.69) is 37.3 Å². The Labute approximate surface area is 187 Å². The van der Waals surface area contributed by atoms with Crippen LogP contribution in [0.1, 0.15) is 0 Å². The average Bonchev–Trinajstić information content (AvgIpc) is 2.80. The van der Waals surface area contributed by atoms with Gasteiger partial charge in [-0.1, -0.05) is 11.6 Å². The molecule has 2 fully saturated rings. The van der Waals surface area contributed by atoms with Crippen molar-refractivity contribution >= 4 is 35.0 Å². The van der Waals surface area contributed by atoms with E-state index in [1.54, 1.807) is 30.2 Å². The quantitative estimate of drug-likeness (QED) is 0.773. The monoisotopic (exact) mass is 445 g/mol. The first kappa shape index (κ1) is 21.5. The highest BCUT2D eigenvalue weighted by Gasteiger charge is 2.23. The van der Waals surface area contributed by atoms with Gasteiger partial charge in [-0.05, 0) is 37.4 Å². The zero-order valence-electron chi connectivity index (χ0n) is 17.9. The maximum Gasteiger partial charge on any atom is 0.322 e. The minimum absolute atomic E-state index is 0.170. The van der Waals surface area contributed by atoms with Crippen LogP contribution in [0.4, 0.5) is 22.1 Å². The molecule has 2 aromatic rings. The molecule has 4 rings (SSSR count). The third-order valence-corrected chi connectivity index (χ3v) is 5.99. The van der Waals surface area contributed by atoms with Crippen molar-refractivity contribution in [3.8, 4) is 5.75 Å². The third kappa shape index (κ3) is 5.11. The first-order valence-electron chi connectivity index (χ1n) is 10.4. The molecule has 1 N–H and O–H groups in total. The fourth-order valence-corrected chi connectivity index (χ4v) is 3.97. The fourth-order valence-electron chi connectivity index (χ4n) is 3.80. The van der Waals surface area contributed by atoms with Gasteiger partial charge in [-0.3, -0.25) is 0 Å². The zero-order chi connectivity index (χ0) is 21.8. The van der Waals surface area contributed by atoms with E-state index >= 15 is 0 Å². The average molecular weight is 446 g/mol. The van der Waals surface area contributed by atoms with Crippen LogP contribution in [0.3, 0.4) is 0 Å². The molecule has 2 saturated heterocycles. The van der Waals surface area contributed by atoms with Gasteiger partial charge < -0.3 is 29.7 Å². The van der Waals surface area contributed by atoms with Crippen LogP contribution in [0.25, 0.3) is 0 Å². The number of hydrogen-bond acceptors (Lipinski definition) is 7. The van der Waals surface area contributed by atoms with Gasteiger partial charge in [-0.15, -0.1) is 10.2 Å². The van der Waals surface area contributed by atoms with Crippen LogP contribution in [0, 0.1) is 0 Å². The highest BCUT2D eigenvalue weighted by Crippen LogP contribution is 2.28. The minimum Gasteiger partial charge on any atom is -0.495 e. The van der Waals surface area contributed by atoms with Crippen LogP contribution in [0.5, 0.6) is 5.75 Å². The smallest absolute Gasteiger partial charge is 0.322 e. The number of rotatable bonds is 4. The molecule has 9 nitrogen and oxygen atoms in total. The summed E-state index contributed by atoms with van der Waals surface area (Å²) in [6.07, 6.45) is 0. The van der Waals surface area contributed by atoms with Crippen molar-refractivity contribution in [2.75, 3.05) is 81.6 Å².